The van der Waals surface area contributed by atoms with Gasteiger partial charge >= 0.3 is 0 Å². The number of halogens is 1. The molecule has 0 aliphatic heterocycles. The van der Waals surface area contributed by atoms with Crippen LogP contribution in [0, 0.1) is 5.82 Å². The molecular formula is C20H22FN5O2. The van der Waals surface area contributed by atoms with Crippen LogP contribution in [0.4, 0.5) is 10.2 Å². The second-order valence-electron chi connectivity index (χ2n) is 6.48. The third-order valence-corrected chi connectivity index (χ3v) is 4.12. The standard InChI is InChI=1S/C20H22FN5O2/c1-5-17-18(20(27)25(4)19-16(21)7-6-12-22-19)23-24-26(17)14-8-10-15(11-9-14)28-13(2)3/h6-13H,5H2,1-4H3. The van der Waals surface area contributed by atoms with E-state index in [0.717, 1.165) is 16.3 Å². The lowest BCUT2D eigenvalue weighted by atomic mass is 10.2. The molecule has 146 valence electrons. The summed E-state index contributed by atoms with van der Waals surface area (Å²) >= 11 is 0. The molecule has 0 spiro atoms. The molecule has 0 aliphatic carbocycles. The molecule has 2 heterocycles. The highest BCUT2D eigenvalue weighted by Crippen LogP contribution is 2.21. The number of anilines is 1. The Hall–Kier alpha value is -3.29. The van der Waals surface area contributed by atoms with Gasteiger partial charge in [-0.15, -0.1) is 5.10 Å². The van der Waals surface area contributed by atoms with Crippen molar-refractivity contribution in [2.24, 2.45) is 0 Å². The minimum absolute atomic E-state index is 0.0562. The number of carbonyl (C=O) groups is 1. The van der Waals surface area contributed by atoms with E-state index in [1.165, 1.54) is 25.4 Å². The maximum atomic E-state index is 14.0. The number of amides is 1. The summed E-state index contributed by atoms with van der Waals surface area (Å²) in [7, 11) is 1.46. The molecule has 0 fully saturated rings. The van der Waals surface area contributed by atoms with Gasteiger partial charge in [-0.05, 0) is 56.7 Å². The van der Waals surface area contributed by atoms with Gasteiger partial charge in [-0.2, -0.15) is 0 Å². The molecule has 7 nitrogen and oxygen atoms in total. The minimum Gasteiger partial charge on any atom is -0.491 e. The van der Waals surface area contributed by atoms with Crippen LogP contribution in [0.3, 0.4) is 0 Å². The van der Waals surface area contributed by atoms with Crippen molar-refractivity contribution in [2.45, 2.75) is 33.3 Å². The van der Waals surface area contributed by atoms with E-state index in [-0.39, 0.29) is 17.6 Å². The average molecular weight is 383 g/mol. The highest BCUT2D eigenvalue weighted by Gasteiger charge is 2.25. The molecular weight excluding hydrogens is 361 g/mol. The molecule has 0 radical (unpaired) electrons. The largest absolute Gasteiger partial charge is 0.491 e. The SMILES string of the molecule is CCc1c(C(=O)N(C)c2ncccc2F)nnn1-c1ccc(OC(C)C)cc1. The molecule has 0 saturated heterocycles. The monoisotopic (exact) mass is 383 g/mol. The lowest BCUT2D eigenvalue weighted by Gasteiger charge is -2.16. The maximum Gasteiger partial charge on any atom is 0.281 e. The summed E-state index contributed by atoms with van der Waals surface area (Å²) in [5.74, 6) is -0.358. The summed E-state index contributed by atoms with van der Waals surface area (Å²) < 4.78 is 21.2. The van der Waals surface area contributed by atoms with E-state index in [1.54, 1.807) is 4.68 Å². The van der Waals surface area contributed by atoms with Gasteiger partial charge in [-0.25, -0.2) is 14.1 Å². The summed E-state index contributed by atoms with van der Waals surface area (Å²) in [5.41, 5.74) is 1.55. The Morgan fingerprint density at radius 3 is 2.57 bits per heavy atom. The zero-order valence-corrected chi connectivity index (χ0v) is 16.3. The fourth-order valence-corrected chi connectivity index (χ4v) is 2.81. The Balaban J connectivity index is 1.91. The van der Waals surface area contributed by atoms with E-state index >= 15 is 0 Å². The molecule has 0 N–H and O–H groups in total. The van der Waals surface area contributed by atoms with Crippen molar-refractivity contribution in [2.75, 3.05) is 11.9 Å². The molecule has 8 heteroatoms. The number of ether oxygens (including phenoxy) is 1. The third kappa shape index (κ3) is 3.85. The highest BCUT2D eigenvalue weighted by atomic mass is 19.1. The fraction of sp³-hybridized carbons (Fsp3) is 0.300. The Bertz CT molecular complexity index is 969. The number of rotatable bonds is 6. The Morgan fingerprint density at radius 1 is 1.25 bits per heavy atom. The number of aromatic nitrogens is 4. The minimum atomic E-state index is -0.579. The zero-order chi connectivity index (χ0) is 20.3. The number of hydrogen-bond acceptors (Lipinski definition) is 5. The fourth-order valence-electron chi connectivity index (χ4n) is 2.81. The van der Waals surface area contributed by atoms with Crippen molar-refractivity contribution in [1.82, 2.24) is 20.0 Å². The maximum absolute atomic E-state index is 14.0. The first-order chi connectivity index (χ1) is 13.4. The van der Waals surface area contributed by atoms with E-state index in [1.807, 2.05) is 45.0 Å². The molecule has 28 heavy (non-hydrogen) atoms. The number of pyridine rings is 1. The summed E-state index contributed by atoms with van der Waals surface area (Å²) in [4.78, 5) is 18.0. The van der Waals surface area contributed by atoms with E-state index < -0.39 is 11.7 Å². The van der Waals surface area contributed by atoms with Gasteiger partial charge in [-0.3, -0.25) is 9.69 Å². The molecule has 3 rings (SSSR count). The van der Waals surface area contributed by atoms with Crippen molar-refractivity contribution >= 4 is 11.7 Å². The van der Waals surface area contributed by atoms with E-state index in [9.17, 15) is 9.18 Å². The Labute approximate surface area is 162 Å². The van der Waals surface area contributed by atoms with Gasteiger partial charge < -0.3 is 4.74 Å². The first-order valence-electron chi connectivity index (χ1n) is 9.02. The molecule has 0 aliphatic rings. The molecule has 2 aromatic heterocycles. The van der Waals surface area contributed by atoms with Crippen LogP contribution in [-0.4, -0.2) is 39.0 Å². The van der Waals surface area contributed by atoms with Crippen LogP contribution in [0.15, 0.2) is 42.6 Å². The lowest BCUT2D eigenvalue weighted by Crippen LogP contribution is -2.29. The smallest absolute Gasteiger partial charge is 0.281 e. The van der Waals surface area contributed by atoms with Gasteiger partial charge in [0.2, 0.25) is 0 Å². The van der Waals surface area contributed by atoms with Crippen LogP contribution >= 0.6 is 0 Å². The lowest BCUT2D eigenvalue weighted by molar-refractivity contribution is 0.0985. The topological polar surface area (TPSA) is 73.1 Å². The van der Waals surface area contributed by atoms with Crippen LogP contribution in [-0.2, 0) is 6.42 Å². The predicted molar refractivity (Wildman–Crippen MR) is 103 cm³/mol. The molecule has 0 bridgehead atoms. The Kier molecular flexibility index (Phi) is 5.67. The van der Waals surface area contributed by atoms with Crippen molar-refractivity contribution < 1.29 is 13.9 Å². The molecule has 0 saturated carbocycles. The molecule has 3 aromatic rings. The Morgan fingerprint density at radius 2 is 1.96 bits per heavy atom. The van der Waals surface area contributed by atoms with Crippen LogP contribution in [0.1, 0.15) is 37.0 Å². The van der Waals surface area contributed by atoms with Crippen LogP contribution in [0.25, 0.3) is 5.69 Å². The second kappa shape index (κ2) is 8.16. The average Bonchev–Trinajstić information content (AvgIpc) is 3.11. The number of benzene rings is 1. The third-order valence-electron chi connectivity index (χ3n) is 4.12. The van der Waals surface area contributed by atoms with E-state index in [4.69, 9.17) is 4.74 Å². The van der Waals surface area contributed by atoms with E-state index in [0.29, 0.717) is 12.1 Å². The van der Waals surface area contributed by atoms with E-state index in [2.05, 4.69) is 15.3 Å². The molecule has 1 amide bonds. The summed E-state index contributed by atoms with van der Waals surface area (Å²) in [6.07, 6.45) is 2.03. The van der Waals surface area contributed by atoms with Crippen LogP contribution < -0.4 is 9.64 Å². The molecule has 1 aromatic carbocycles. The van der Waals surface area contributed by atoms with Crippen molar-refractivity contribution in [3.8, 4) is 11.4 Å². The first kappa shape index (κ1) is 19.5. The van der Waals surface area contributed by atoms with Crippen molar-refractivity contribution in [3.05, 3.63) is 59.8 Å². The van der Waals surface area contributed by atoms with Gasteiger partial charge in [0.1, 0.15) is 5.75 Å². The van der Waals surface area contributed by atoms with Crippen LogP contribution in [0.5, 0.6) is 5.75 Å². The second-order valence-corrected chi connectivity index (χ2v) is 6.48. The molecule has 0 atom stereocenters. The van der Waals surface area contributed by atoms with Crippen molar-refractivity contribution in [3.63, 3.8) is 0 Å². The van der Waals surface area contributed by atoms with Crippen LogP contribution in [0.2, 0.25) is 0 Å². The van der Waals surface area contributed by atoms with Gasteiger partial charge in [-0.1, -0.05) is 12.1 Å². The number of nitrogens with zero attached hydrogens (tertiary/aromatic N) is 5. The zero-order valence-electron chi connectivity index (χ0n) is 16.3. The predicted octanol–water partition coefficient (Wildman–Crippen LogP) is 3.43. The normalized spacial score (nSPS) is 10.9. The molecule has 0 unspecified atom stereocenters. The summed E-state index contributed by atoms with van der Waals surface area (Å²) in [6, 6.07) is 10.1. The number of hydrogen-bond donors (Lipinski definition) is 0. The van der Waals surface area contributed by atoms with Gasteiger partial charge in [0, 0.05) is 13.2 Å². The summed E-state index contributed by atoms with van der Waals surface area (Å²) in [5, 5.41) is 8.18. The summed E-state index contributed by atoms with van der Waals surface area (Å²) in [6.45, 7) is 5.82. The van der Waals surface area contributed by atoms with Crippen molar-refractivity contribution in [1.29, 1.82) is 0 Å². The van der Waals surface area contributed by atoms with Gasteiger partial charge in [0.05, 0.1) is 17.5 Å². The number of carbonyl (C=O) groups excluding carboxylic acids is 1. The quantitative estimate of drug-likeness (QED) is 0.652. The van der Waals surface area contributed by atoms with Gasteiger partial charge in [0.15, 0.2) is 17.3 Å². The first-order valence-corrected chi connectivity index (χ1v) is 9.02. The highest BCUT2D eigenvalue weighted by molar-refractivity contribution is 6.04. The van der Waals surface area contributed by atoms with Gasteiger partial charge in [0.25, 0.3) is 5.91 Å².